The standard InChI is InChI=1S/C11H20.C2H6/c1-2-10-6-5-9-11(10)7-3-4-8-11;1-2/h10H,2-9H2,1H3;1-2H3. The molecule has 2 rings (SSSR count). The molecule has 1 atom stereocenters. The topological polar surface area (TPSA) is 0 Å². The highest BCUT2D eigenvalue weighted by atomic mass is 14.5. The van der Waals surface area contributed by atoms with Crippen LogP contribution >= 0.6 is 0 Å². The van der Waals surface area contributed by atoms with Crippen LogP contribution < -0.4 is 0 Å². The molecular weight excluding hydrogens is 156 g/mol. The summed E-state index contributed by atoms with van der Waals surface area (Å²) in [7, 11) is 0. The molecule has 0 heterocycles. The molecule has 0 aromatic rings. The SMILES string of the molecule is CC.CCC1CCCC12CCCC2. The highest BCUT2D eigenvalue weighted by Crippen LogP contribution is 2.55. The second-order valence-corrected chi connectivity index (χ2v) is 4.57. The average molecular weight is 182 g/mol. The van der Waals surface area contributed by atoms with E-state index in [1.54, 1.807) is 19.3 Å². The quantitative estimate of drug-likeness (QED) is 0.547. The summed E-state index contributed by atoms with van der Waals surface area (Å²) in [5.74, 6) is 1.10. The van der Waals surface area contributed by atoms with Gasteiger partial charge in [0.2, 0.25) is 0 Å². The van der Waals surface area contributed by atoms with Crippen LogP contribution in [0.1, 0.15) is 72.1 Å². The van der Waals surface area contributed by atoms with Crippen molar-refractivity contribution in [3.05, 3.63) is 0 Å². The Hall–Kier alpha value is 0. The molecule has 0 saturated heterocycles. The van der Waals surface area contributed by atoms with E-state index in [4.69, 9.17) is 0 Å². The number of rotatable bonds is 1. The van der Waals surface area contributed by atoms with Gasteiger partial charge in [0.15, 0.2) is 0 Å². The van der Waals surface area contributed by atoms with Gasteiger partial charge in [0.05, 0.1) is 0 Å². The lowest BCUT2D eigenvalue weighted by Crippen LogP contribution is -2.20. The van der Waals surface area contributed by atoms with Crippen molar-refractivity contribution in [2.24, 2.45) is 11.3 Å². The molecule has 2 fully saturated rings. The zero-order chi connectivity index (χ0) is 9.73. The first-order valence-corrected chi connectivity index (χ1v) is 6.37. The van der Waals surface area contributed by atoms with Crippen molar-refractivity contribution >= 4 is 0 Å². The van der Waals surface area contributed by atoms with Crippen LogP contribution in [-0.2, 0) is 0 Å². The normalized spacial score (nSPS) is 30.2. The van der Waals surface area contributed by atoms with E-state index in [-0.39, 0.29) is 0 Å². The monoisotopic (exact) mass is 182 g/mol. The van der Waals surface area contributed by atoms with Crippen LogP contribution in [0.5, 0.6) is 0 Å². The van der Waals surface area contributed by atoms with Crippen molar-refractivity contribution in [2.75, 3.05) is 0 Å². The first-order valence-electron chi connectivity index (χ1n) is 6.37. The fourth-order valence-electron chi connectivity index (χ4n) is 3.59. The summed E-state index contributed by atoms with van der Waals surface area (Å²) in [6.07, 6.45) is 12.2. The largest absolute Gasteiger partial charge is 0.0683 e. The van der Waals surface area contributed by atoms with Gasteiger partial charge in [-0.2, -0.15) is 0 Å². The van der Waals surface area contributed by atoms with Crippen LogP contribution in [-0.4, -0.2) is 0 Å². The number of hydrogen-bond acceptors (Lipinski definition) is 0. The van der Waals surface area contributed by atoms with Crippen molar-refractivity contribution in [1.29, 1.82) is 0 Å². The van der Waals surface area contributed by atoms with Gasteiger partial charge in [0, 0.05) is 0 Å². The zero-order valence-electron chi connectivity index (χ0n) is 9.73. The van der Waals surface area contributed by atoms with Gasteiger partial charge in [-0.25, -0.2) is 0 Å². The predicted molar refractivity (Wildman–Crippen MR) is 59.9 cm³/mol. The molecule has 0 N–H and O–H groups in total. The molecule has 2 aliphatic rings. The second-order valence-electron chi connectivity index (χ2n) is 4.57. The van der Waals surface area contributed by atoms with Crippen LogP contribution in [0, 0.1) is 11.3 Å². The Morgan fingerprint density at radius 2 is 1.54 bits per heavy atom. The molecule has 2 saturated carbocycles. The Kier molecular flexibility index (Phi) is 4.28. The molecule has 2 aliphatic carbocycles. The Bertz CT molecular complexity index is 125. The molecule has 1 unspecified atom stereocenters. The van der Waals surface area contributed by atoms with E-state index in [0.29, 0.717) is 0 Å². The maximum absolute atomic E-state index is 2.38. The van der Waals surface area contributed by atoms with E-state index in [9.17, 15) is 0 Å². The summed E-state index contributed by atoms with van der Waals surface area (Å²) in [4.78, 5) is 0. The van der Waals surface area contributed by atoms with Crippen molar-refractivity contribution in [1.82, 2.24) is 0 Å². The van der Waals surface area contributed by atoms with Gasteiger partial charge >= 0.3 is 0 Å². The minimum absolute atomic E-state index is 0.856. The van der Waals surface area contributed by atoms with E-state index < -0.39 is 0 Å². The zero-order valence-corrected chi connectivity index (χ0v) is 9.73. The highest BCUT2D eigenvalue weighted by Gasteiger charge is 2.43. The first-order chi connectivity index (χ1) is 6.37. The van der Waals surface area contributed by atoms with Gasteiger partial charge in [0.25, 0.3) is 0 Å². The van der Waals surface area contributed by atoms with Gasteiger partial charge in [-0.1, -0.05) is 46.5 Å². The van der Waals surface area contributed by atoms with Crippen LogP contribution in [0.2, 0.25) is 0 Å². The minimum atomic E-state index is 0.856. The number of hydrogen-bond donors (Lipinski definition) is 0. The summed E-state index contributed by atoms with van der Waals surface area (Å²) in [5, 5.41) is 0. The lowest BCUT2D eigenvalue weighted by molar-refractivity contribution is 0.202. The Labute approximate surface area is 84.1 Å². The first kappa shape index (κ1) is 11.1. The average Bonchev–Trinajstić information content (AvgIpc) is 2.80. The Balaban J connectivity index is 0.000000396. The second kappa shape index (κ2) is 5.02. The van der Waals surface area contributed by atoms with Gasteiger partial charge in [-0.15, -0.1) is 0 Å². The fraction of sp³-hybridized carbons (Fsp3) is 1.00. The maximum atomic E-state index is 2.38. The molecule has 0 radical (unpaired) electrons. The third-order valence-electron chi connectivity index (χ3n) is 4.19. The Morgan fingerprint density at radius 1 is 1.00 bits per heavy atom. The van der Waals surface area contributed by atoms with Crippen molar-refractivity contribution < 1.29 is 0 Å². The van der Waals surface area contributed by atoms with E-state index >= 15 is 0 Å². The molecular formula is C13H26. The molecule has 0 aliphatic heterocycles. The molecule has 0 aromatic heterocycles. The smallest absolute Gasteiger partial charge is 0.0269 e. The van der Waals surface area contributed by atoms with E-state index in [0.717, 1.165) is 11.3 Å². The van der Waals surface area contributed by atoms with Gasteiger partial charge < -0.3 is 0 Å². The summed E-state index contributed by atoms with van der Waals surface area (Å²) >= 11 is 0. The van der Waals surface area contributed by atoms with E-state index in [2.05, 4.69) is 6.92 Å². The van der Waals surface area contributed by atoms with Crippen molar-refractivity contribution in [2.45, 2.75) is 72.1 Å². The minimum Gasteiger partial charge on any atom is -0.0683 e. The summed E-state index contributed by atoms with van der Waals surface area (Å²) in [6.45, 7) is 6.38. The molecule has 0 heteroatoms. The summed E-state index contributed by atoms with van der Waals surface area (Å²) < 4.78 is 0. The van der Waals surface area contributed by atoms with Gasteiger partial charge in [-0.3, -0.25) is 0 Å². The van der Waals surface area contributed by atoms with Crippen LogP contribution in [0.3, 0.4) is 0 Å². The molecule has 0 aromatic carbocycles. The summed E-state index contributed by atoms with van der Waals surface area (Å²) in [6, 6.07) is 0. The molecule has 13 heavy (non-hydrogen) atoms. The predicted octanol–water partition coefficient (Wildman–Crippen LogP) is 4.78. The van der Waals surface area contributed by atoms with Gasteiger partial charge in [-0.05, 0) is 37.0 Å². The highest BCUT2D eigenvalue weighted by molar-refractivity contribution is 4.94. The molecule has 1 spiro atoms. The van der Waals surface area contributed by atoms with Gasteiger partial charge in [0.1, 0.15) is 0 Å². The lowest BCUT2D eigenvalue weighted by Gasteiger charge is -2.30. The van der Waals surface area contributed by atoms with E-state index in [1.807, 2.05) is 13.8 Å². The van der Waals surface area contributed by atoms with Crippen LogP contribution in [0.15, 0.2) is 0 Å². The molecule has 0 bridgehead atoms. The third kappa shape index (κ3) is 2.08. The van der Waals surface area contributed by atoms with Crippen molar-refractivity contribution in [3.8, 4) is 0 Å². The third-order valence-corrected chi connectivity index (χ3v) is 4.19. The van der Waals surface area contributed by atoms with E-state index in [1.165, 1.54) is 32.1 Å². The lowest BCUT2D eigenvalue weighted by atomic mass is 9.75. The fourth-order valence-corrected chi connectivity index (χ4v) is 3.59. The maximum Gasteiger partial charge on any atom is -0.0269 e. The summed E-state index contributed by atoms with van der Waals surface area (Å²) in [5.41, 5.74) is 0.856. The van der Waals surface area contributed by atoms with Crippen LogP contribution in [0.25, 0.3) is 0 Å². The molecule has 0 nitrogen and oxygen atoms in total. The Morgan fingerprint density at radius 3 is 2.08 bits per heavy atom. The van der Waals surface area contributed by atoms with Crippen LogP contribution in [0.4, 0.5) is 0 Å². The van der Waals surface area contributed by atoms with Crippen molar-refractivity contribution in [3.63, 3.8) is 0 Å². The molecule has 78 valence electrons. The molecule has 0 amide bonds.